The second kappa shape index (κ2) is 7.12. The van der Waals surface area contributed by atoms with E-state index in [4.69, 9.17) is 4.74 Å². The average molecular weight is 325 g/mol. The van der Waals surface area contributed by atoms with Gasteiger partial charge in [-0.25, -0.2) is 0 Å². The predicted octanol–water partition coefficient (Wildman–Crippen LogP) is 1.55. The van der Waals surface area contributed by atoms with Crippen LogP contribution in [0, 0.1) is 0 Å². The van der Waals surface area contributed by atoms with Gasteiger partial charge < -0.3 is 10.1 Å². The maximum absolute atomic E-state index is 12.3. The molecule has 1 aromatic carbocycles. The summed E-state index contributed by atoms with van der Waals surface area (Å²) in [7, 11) is 0. The number of amides is 2. The van der Waals surface area contributed by atoms with Crippen LogP contribution in [0.2, 0.25) is 0 Å². The molecule has 1 atom stereocenters. The first kappa shape index (κ1) is 16.0. The first-order chi connectivity index (χ1) is 11.6. The van der Waals surface area contributed by atoms with Crippen molar-refractivity contribution in [3.8, 4) is 5.75 Å². The molecule has 1 N–H and O–H groups in total. The number of hydrogen-bond donors (Lipinski definition) is 1. The molecule has 124 valence electrons. The third kappa shape index (κ3) is 3.53. The molecular weight excluding hydrogens is 306 g/mol. The maximum atomic E-state index is 12.3. The molecular formula is C18H19N3O3. The molecule has 24 heavy (non-hydrogen) atoms. The number of fused-ring (bicyclic) bond motifs is 1. The van der Waals surface area contributed by atoms with Crippen molar-refractivity contribution in [1.82, 2.24) is 10.3 Å². The van der Waals surface area contributed by atoms with E-state index in [1.54, 1.807) is 25.3 Å². The monoisotopic (exact) mass is 325 g/mol. The highest BCUT2D eigenvalue weighted by atomic mass is 16.5. The van der Waals surface area contributed by atoms with Crippen LogP contribution in [0.25, 0.3) is 0 Å². The van der Waals surface area contributed by atoms with Crippen molar-refractivity contribution >= 4 is 17.5 Å². The molecule has 0 aliphatic carbocycles. The summed E-state index contributed by atoms with van der Waals surface area (Å²) in [6.45, 7) is 2.14. The number of rotatable bonds is 5. The van der Waals surface area contributed by atoms with Crippen LogP contribution in [0.5, 0.6) is 5.75 Å². The Morgan fingerprint density at radius 1 is 1.25 bits per heavy atom. The Kier molecular flexibility index (Phi) is 4.74. The molecule has 2 heterocycles. The topological polar surface area (TPSA) is 71.5 Å². The lowest BCUT2D eigenvalue weighted by Gasteiger charge is -2.32. The van der Waals surface area contributed by atoms with Gasteiger partial charge in [-0.2, -0.15) is 0 Å². The smallest absolute Gasteiger partial charge is 0.268 e. The number of para-hydroxylation sites is 2. The Bertz CT molecular complexity index is 733. The van der Waals surface area contributed by atoms with Crippen molar-refractivity contribution < 1.29 is 14.3 Å². The van der Waals surface area contributed by atoms with E-state index in [-0.39, 0.29) is 18.4 Å². The summed E-state index contributed by atoms with van der Waals surface area (Å²) in [5.41, 5.74) is 1.54. The highest BCUT2D eigenvalue weighted by molar-refractivity contribution is 6.03. The minimum Gasteiger partial charge on any atom is -0.479 e. The molecule has 0 fully saturated rings. The van der Waals surface area contributed by atoms with Crippen LogP contribution in [-0.4, -0.2) is 36.0 Å². The van der Waals surface area contributed by atoms with Crippen molar-refractivity contribution in [2.45, 2.75) is 19.4 Å². The normalized spacial score (nSPS) is 16.3. The van der Waals surface area contributed by atoms with E-state index in [2.05, 4.69) is 10.3 Å². The highest BCUT2D eigenvalue weighted by Crippen LogP contribution is 2.33. The molecule has 1 unspecified atom stereocenters. The number of hydrogen-bond acceptors (Lipinski definition) is 4. The standard InChI is InChI=1S/C18H19N3O3/c1-13-18(23)21(15-7-2-3-8-16(15)24-13)12-17(22)20-11-9-14-6-4-5-10-19-14/h2-8,10,13H,9,11-12H2,1H3,(H,20,22). The van der Waals surface area contributed by atoms with Gasteiger partial charge >= 0.3 is 0 Å². The zero-order chi connectivity index (χ0) is 16.9. The molecule has 2 aromatic rings. The summed E-state index contributed by atoms with van der Waals surface area (Å²) < 4.78 is 5.56. The molecule has 0 saturated heterocycles. The van der Waals surface area contributed by atoms with E-state index in [0.29, 0.717) is 24.4 Å². The van der Waals surface area contributed by atoms with Crippen molar-refractivity contribution in [2.75, 3.05) is 18.0 Å². The Morgan fingerprint density at radius 3 is 2.83 bits per heavy atom. The summed E-state index contributed by atoms with van der Waals surface area (Å²) in [6.07, 6.45) is 1.78. The van der Waals surface area contributed by atoms with Crippen LogP contribution in [0.15, 0.2) is 48.7 Å². The lowest BCUT2D eigenvalue weighted by atomic mass is 10.2. The van der Waals surface area contributed by atoms with Crippen molar-refractivity contribution in [2.24, 2.45) is 0 Å². The summed E-state index contributed by atoms with van der Waals surface area (Å²) in [4.78, 5) is 30.2. The van der Waals surface area contributed by atoms with Gasteiger partial charge in [-0.15, -0.1) is 0 Å². The van der Waals surface area contributed by atoms with Gasteiger partial charge in [-0.3, -0.25) is 19.5 Å². The number of nitrogens with one attached hydrogen (secondary N) is 1. The lowest BCUT2D eigenvalue weighted by Crippen LogP contribution is -2.49. The van der Waals surface area contributed by atoms with Crippen LogP contribution >= 0.6 is 0 Å². The quantitative estimate of drug-likeness (QED) is 0.905. The number of ether oxygens (including phenoxy) is 1. The van der Waals surface area contributed by atoms with Crippen molar-refractivity contribution in [3.05, 3.63) is 54.4 Å². The molecule has 1 aliphatic heterocycles. The zero-order valence-corrected chi connectivity index (χ0v) is 13.4. The largest absolute Gasteiger partial charge is 0.479 e. The molecule has 0 spiro atoms. The van der Waals surface area contributed by atoms with E-state index in [0.717, 1.165) is 5.69 Å². The van der Waals surface area contributed by atoms with E-state index < -0.39 is 6.10 Å². The summed E-state index contributed by atoms with van der Waals surface area (Å²) in [5, 5.41) is 2.83. The zero-order valence-electron chi connectivity index (χ0n) is 13.4. The minimum absolute atomic E-state index is 0.0221. The van der Waals surface area contributed by atoms with Gasteiger partial charge in [0, 0.05) is 24.9 Å². The van der Waals surface area contributed by atoms with Gasteiger partial charge in [-0.05, 0) is 31.2 Å². The Labute approximate surface area is 140 Å². The van der Waals surface area contributed by atoms with Gasteiger partial charge in [0.25, 0.3) is 5.91 Å². The second-order valence-electron chi connectivity index (χ2n) is 5.57. The van der Waals surface area contributed by atoms with E-state index >= 15 is 0 Å². The molecule has 0 saturated carbocycles. The van der Waals surface area contributed by atoms with Gasteiger partial charge in [0.1, 0.15) is 12.3 Å². The number of benzene rings is 1. The second-order valence-corrected chi connectivity index (χ2v) is 5.57. The number of carbonyl (C=O) groups excluding carboxylic acids is 2. The molecule has 6 heteroatoms. The lowest BCUT2D eigenvalue weighted by molar-refractivity contribution is -0.128. The van der Waals surface area contributed by atoms with Crippen LogP contribution in [0.1, 0.15) is 12.6 Å². The predicted molar refractivity (Wildman–Crippen MR) is 89.8 cm³/mol. The molecule has 1 aliphatic rings. The summed E-state index contributed by atoms with van der Waals surface area (Å²) in [6, 6.07) is 12.9. The average Bonchev–Trinajstić information content (AvgIpc) is 2.60. The minimum atomic E-state index is -0.596. The van der Waals surface area contributed by atoms with E-state index in [1.807, 2.05) is 30.3 Å². The first-order valence-corrected chi connectivity index (χ1v) is 7.89. The fraction of sp³-hybridized carbons (Fsp3) is 0.278. The van der Waals surface area contributed by atoms with E-state index in [9.17, 15) is 9.59 Å². The van der Waals surface area contributed by atoms with Gasteiger partial charge in [0.2, 0.25) is 5.91 Å². The molecule has 0 bridgehead atoms. The van der Waals surface area contributed by atoms with Crippen molar-refractivity contribution in [1.29, 1.82) is 0 Å². The number of nitrogens with zero attached hydrogens (tertiary/aromatic N) is 2. The molecule has 6 nitrogen and oxygen atoms in total. The Morgan fingerprint density at radius 2 is 2.04 bits per heavy atom. The van der Waals surface area contributed by atoms with Crippen molar-refractivity contribution in [3.63, 3.8) is 0 Å². The first-order valence-electron chi connectivity index (χ1n) is 7.89. The Hall–Kier alpha value is -2.89. The number of pyridine rings is 1. The maximum Gasteiger partial charge on any atom is 0.268 e. The number of anilines is 1. The summed E-state index contributed by atoms with van der Waals surface area (Å²) in [5.74, 6) is 0.197. The van der Waals surface area contributed by atoms with Crippen LogP contribution in [-0.2, 0) is 16.0 Å². The SMILES string of the molecule is CC1Oc2ccccc2N(CC(=O)NCCc2ccccn2)C1=O. The number of carbonyl (C=O) groups is 2. The Balaban J connectivity index is 1.60. The van der Waals surface area contributed by atoms with E-state index in [1.165, 1.54) is 4.90 Å². The van der Waals surface area contributed by atoms with Crippen LogP contribution in [0.4, 0.5) is 5.69 Å². The summed E-state index contributed by atoms with van der Waals surface area (Å²) >= 11 is 0. The third-order valence-electron chi connectivity index (χ3n) is 3.80. The van der Waals surface area contributed by atoms with Gasteiger partial charge in [-0.1, -0.05) is 18.2 Å². The fourth-order valence-electron chi connectivity index (χ4n) is 2.60. The molecule has 1 aromatic heterocycles. The van der Waals surface area contributed by atoms with Gasteiger partial charge in [0.15, 0.2) is 6.10 Å². The third-order valence-corrected chi connectivity index (χ3v) is 3.80. The molecule has 2 amide bonds. The highest BCUT2D eigenvalue weighted by Gasteiger charge is 2.32. The number of aromatic nitrogens is 1. The molecule has 0 radical (unpaired) electrons. The van der Waals surface area contributed by atoms with Gasteiger partial charge in [0.05, 0.1) is 5.69 Å². The molecule has 3 rings (SSSR count). The van der Waals surface area contributed by atoms with Crippen LogP contribution < -0.4 is 15.0 Å². The van der Waals surface area contributed by atoms with Crippen LogP contribution in [0.3, 0.4) is 0 Å². The fourth-order valence-corrected chi connectivity index (χ4v) is 2.60.